The predicted molar refractivity (Wildman–Crippen MR) is 69.1 cm³/mol. The number of unbranched alkanes of at least 4 members (excludes halogenated alkanes) is 2. The molecule has 0 saturated carbocycles. The van der Waals surface area contributed by atoms with Crippen LogP contribution in [0.2, 0.25) is 0 Å². The lowest BCUT2D eigenvalue weighted by Crippen LogP contribution is -2.12. The third-order valence-electron chi connectivity index (χ3n) is 2.73. The van der Waals surface area contributed by atoms with Crippen molar-refractivity contribution in [3.05, 3.63) is 12.0 Å². The molecule has 0 unspecified atom stereocenters. The van der Waals surface area contributed by atoms with Crippen LogP contribution in [-0.2, 0) is 27.8 Å². The Labute approximate surface area is 112 Å². The monoisotopic (exact) mass is 289 g/mol. The highest BCUT2D eigenvalue weighted by atomic mass is 32.2. The average molecular weight is 289 g/mol. The molecule has 0 saturated heterocycles. The van der Waals surface area contributed by atoms with Crippen LogP contribution in [0.4, 0.5) is 0 Å². The zero-order chi connectivity index (χ0) is 14.5. The molecule has 0 atom stereocenters. The lowest BCUT2D eigenvalue weighted by molar-refractivity contribution is -0.137. The molecule has 0 aliphatic heterocycles. The van der Waals surface area contributed by atoms with Crippen molar-refractivity contribution < 1.29 is 18.3 Å². The number of hydrogen-bond acceptors (Lipinski definition) is 4. The molecule has 0 radical (unpaired) electrons. The molecular formula is C11H19N3O4S. The summed E-state index contributed by atoms with van der Waals surface area (Å²) in [5, 5.41) is 13.4. The van der Waals surface area contributed by atoms with Gasteiger partial charge in [0.05, 0.1) is 0 Å². The maximum absolute atomic E-state index is 11.2. The van der Waals surface area contributed by atoms with Crippen LogP contribution >= 0.6 is 0 Å². The van der Waals surface area contributed by atoms with Crippen LogP contribution in [0, 0.1) is 0 Å². The van der Waals surface area contributed by atoms with Crippen molar-refractivity contribution in [2.45, 2.75) is 50.6 Å². The number of carboxylic acid groups (broad SMARTS) is 1. The van der Waals surface area contributed by atoms with Gasteiger partial charge in [-0.1, -0.05) is 13.3 Å². The van der Waals surface area contributed by atoms with Crippen molar-refractivity contribution in [3.63, 3.8) is 0 Å². The first kappa shape index (κ1) is 15.6. The van der Waals surface area contributed by atoms with Crippen molar-refractivity contribution in [2.75, 3.05) is 0 Å². The average Bonchev–Trinajstić information content (AvgIpc) is 2.71. The van der Waals surface area contributed by atoms with Gasteiger partial charge < -0.3 is 9.67 Å². The van der Waals surface area contributed by atoms with Gasteiger partial charge in [0.25, 0.3) is 10.0 Å². The molecule has 3 N–H and O–H groups in total. The van der Waals surface area contributed by atoms with Crippen LogP contribution < -0.4 is 5.14 Å². The van der Waals surface area contributed by atoms with Gasteiger partial charge in [-0.3, -0.25) is 4.79 Å². The van der Waals surface area contributed by atoms with Crippen LogP contribution in [0.1, 0.15) is 38.4 Å². The van der Waals surface area contributed by atoms with E-state index in [2.05, 4.69) is 4.98 Å². The predicted octanol–water partition coefficient (Wildman–Crippen LogP) is 0.738. The van der Waals surface area contributed by atoms with Gasteiger partial charge >= 0.3 is 5.97 Å². The van der Waals surface area contributed by atoms with Crippen molar-refractivity contribution in [1.29, 1.82) is 0 Å². The van der Waals surface area contributed by atoms with Crippen molar-refractivity contribution in [1.82, 2.24) is 9.55 Å². The number of primary sulfonamides is 1. The zero-order valence-electron chi connectivity index (χ0n) is 10.9. The first-order chi connectivity index (χ1) is 8.84. The Kier molecular flexibility index (Phi) is 5.49. The Bertz CT molecular complexity index is 536. The molecular weight excluding hydrogens is 270 g/mol. The van der Waals surface area contributed by atoms with E-state index < -0.39 is 16.0 Å². The first-order valence-corrected chi connectivity index (χ1v) is 7.70. The Hall–Kier alpha value is -1.41. The molecule has 0 spiro atoms. The molecule has 0 bridgehead atoms. The number of rotatable bonds is 8. The largest absolute Gasteiger partial charge is 0.481 e. The van der Waals surface area contributed by atoms with Gasteiger partial charge in [-0.05, 0) is 12.8 Å². The second-order valence-electron chi connectivity index (χ2n) is 4.29. The third kappa shape index (κ3) is 4.99. The number of nitrogens with zero attached hydrogens (tertiary/aromatic N) is 2. The summed E-state index contributed by atoms with van der Waals surface area (Å²) in [5.74, 6) is -0.129. The lowest BCUT2D eigenvalue weighted by Gasteiger charge is -2.05. The summed E-state index contributed by atoms with van der Waals surface area (Å²) < 4.78 is 24.2. The topological polar surface area (TPSA) is 115 Å². The van der Waals surface area contributed by atoms with Crippen LogP contribution in [-0.4, -0.2) is 29.0 Å². The van der Waals surface area contributed by atoms with Gasteiger partial charge in [-0.15, -0.1) is 0 Å². The van der Waals surface area contributed by atoms with Crippen LogP contribution in [0.15, 0.2) is 11.2 Å². The Morgan fingerprint density at radius 2 is 2.11 bits per heavy atom. The number of aliphatic carboxylic acids is 1. The summed E-state index contributed by atoms with van der Waals surface area (Å²) in [6.07, 6.45) is 4.38. The van der Waals surface area contributed by atoms with E-state index in [0.29, 0.717) is 25.2 Å². The Balaban J connectivity index is 2.58. The van der Waals surface area contributed by atoms with Gasteiger partial charge in [0.15, 0.2) is 5.03 Å². The summed E-state index contributed by atoms with van der Waals surface area (Å²) in [5.41, 5.74) is 0. The second kappa shape index (κ2) is 6.67. The molecule has 1 heterocycles. The van der Waals surface area contributed by atoms with Crippen LogP contribution in [0.5, 0.6) is 0 Å². The molecule has 0 aromatic carbocycles. The van der Waals surface area contributed by atoms with Gasteiger partial charge in [0.1, 0.15) is 5.82 Å². The Morgan fingerprint density at radius 1 is 1.42 bits per heavy atom. The fourth-order valence-electron chi connectivity index (χ4n) is 1.78. The molecule has 1 rings (SSSR count). The highest BCUT2D eigenvalue weighted by Gasteiger charge is 2.15. The maximum atomic E-state index is 11.2. The molecule has 0 aliphatic rings. The number of aryl methyl sites for hydroxylation is 2. The number of carbonyl (C=O) groups is 1. The maximum Gasteiger partial charge on any atom is 0.303 e. The van der Waals surface area contributed by atoms with Gasteiger partial charge in [-0.25, -0.2) is 18.5 Å². The van der Waals surface area contributed by atoms with E-state index >= 15 is 0 Å². The number of carboxylic acids is 1. The highest BCUT2D eigenvalue weighted by molar-refractivity contribution is 7.89. The minimum atomic E-state index is -3.77. The smallest absolute Gasteiger partial charge is 0.303 e. The SMILES string of the molecule is CCc1nc(S(N)(=O)=O)cn1CCCCCC(=O)O. The van der Waals surface area contributed by atoms with Gasteiger partial charge in [0.2, 0.25) is 0 Å². The molecule has 1 aromatic rings. The fraction of sp³-hybridized carbons (Fsp3) is 0.636. The van der Waals surface area contributed by atoms with E-state index in [1.165, 1.54) is 6.20 Å². The summed E-state index contributed by atoms with van der Waals surface area (Å²) >= 11 is 0. The number of imidazole rings is 1. The van der Waals surface area contributed by atoms with Crippen LogP contribution in [0.3, 0.4) is 0 Å². The van der Waals surface area contributed by atoms with E-state index in [4.69, 9.17) is 10.2 Å². The second-order valence-corrected chi connectivity index (χ2v) is 5.80. The highest BCUT2D eigenvalue weighted by Crippen LogP contribution is 2.11. The van der Waals surface area contributed by atoms with Crippen molar-refractivity contribution >= 4 is 16.0 Å². The van der Waals surface area contributed by atoms with E-state index in [1.807, 2.05) is 6.92 Å². The molecule has 19 heavy (non-hydrogen) atoms. The van der Waals surface area contributed by atoms with E-state index in [0.717, 1.165) is 12.8 Å². The number of hydrogen-bond donors (Lipinski definition) is 2. The van der Waals surface area contributed by atoms with Crippen LogP contribution in [0.25, 0.3) is 0 Å². The van der Waals surface area contributed by atoms with Crippen molar-refractivity contribution in [2.24, 2.45) is 5.14 Å². The summed E-state index contributed by atoms with van der Waals surface area (Å²) in [7, 11) is -3.77. The fourth-order valence-corrected chi connectivity index (χ4v) is 2.28. The minimum absolute atomic E-state index is 0.116. The van der Waals surface area contributed by atoms with Gasteiger partial charge in [-0.2, -0.15) is 0 Å². The summed E-state index contributed by atoms with van der Waals surface area (Å²) in [6.45, 7) is 2.50. The van der Waals surface area contributed by atoms with E-state index in [-0.39, 0.29) is 11.4 Å². The molecule has 1 aromatic heterocycles. The molecule has 0 aliphatic carbocycles. The molecule has 0 amide bonds. The Morgan fingerprint density at radius 3 is 2.63 bits per heavy atom. The minimum Gasteiger partial charge on any atom is -0.481 e. The lowest BCUT2D eigenvalue weighted by atomic mass is 10.2. The summed E-state index contributed by atoms with van der Waals surface area (Å²) in [4.78, 5) is 14.3. The molecule has 0 fully saturated rings. The normalized spacial score (nSPS) is 11.7. The molecule has 8 heteroatoms. The zero-order valence-corrected chi connectivity index (χ0v) is 11.7. The van der Waals surface area contributed by atoms with E-state index in [1.54, 1.807) is 4.57 Å². The van der Waals surface area contributed by atoms with E-state index in [9.17, 15) is 13.2 Å². The standard InChI is InChI=1S/C11H19N3O4S/c1-2-9-13-10(19(12,17)18)8-14(9)7-5-3-4-6-11(15)16/h8H,2-7H2,1H3,(H,15,16)(H2,12,17,18). The summed E-state index contributed by atoms with van der Waals surface area (Å²) in [6, 6.07) is 0. The molecule has 108 valence electrons. The third-order valence-corrected chi connectivity index (χ3v) is 3.51. The molecule has 7 nitrogen and oxygen atoms in total. The number of sulfonamides is 1. The van der Waals surface area contributed by atoms with Crippen molar-refractivity contribution in [3.8, 4) is 0 Å². The quantitative estimate of drug-likeness (QED) is 0.685. The van der Waals surface area contributed by atoms with Gasteiger partial charge in [0, 0.05) is 25.6 Å². The number of aromatic nitrogens is 2. The first-order valence-electron chi connectivity index (χ1n) is 6.15. The number of nitrogens with two attached hydrogens (primary N) is 1.